The number of carbonyl (C=O) groups excluding carboxylic acids is 1. The third kappa shape index (κ3) is 4.95. The molecule has 0 amide bonds. The van der Waals surface area contributed by atoms with Crippen molar-refractivity contribution in [1.82, 2.24) is 14.8 Å². The van der Waals surface area contributed by atoms with E-state index in [9.17, 15) is 4.79 Å². The fourth-order valence-electron chi connectivity index (χ4n) is 2.85. The average molecular weight is 378 g/mol. The highest BCUT2D eigenvalue weighted by Crippen LogP contribution is 2.25. The molecule has 0 spiro atoms. The lowest BCUT2D eigenvalue weighted by Crippen LogP contribution is -2.02. The molecular formula is C22H23N3OS. The van der Waals surface area contributed by atoms with Crippen molar-refractivity contribution in [3.05, 3.63) is 78.4 Å². The fourth-order valence-corrected chi connectivity index (χ4v) is 3.74. The van der Waals surface area contributed by atoms with Crippen LogP contribution in [0.15, 0.2) is 72.4 Å². The minimum atomic E-state index is 0.184. The summed E-state index contributed by atoms with van der Waals surface area (Å²) in [5.74, 6) is 1.85. The predicted molar refractivity (Wildman–Crippen MR) is 111 cm³/mol. The molecule has 0 saturated heterocycles. The number of rotatable bonds is 9. The summed E-state index contributed by atoms with van der Waals surface area (Å²) in [6, 6.07) is 17.7. The largest absolute Gasteiger partial charge is 0.298 e. The molecule has 2 aromatic carbocycles. The molecular weight excluding hydrogens is 354 g/mol. The molecule has 27 heavy (non-hydrogen) atoms. The Balaban J connectivity index is 1.63. The van der Waals surface area contributed by atoms with Crippen LogP contribution in [0.25, 0.3) is 11.4 Å². The summed E-state index contributed by atoms with van der Waals surface area (Å²) in [6.07, 6.45) is 3.20. The van der Waals surface area contributed by atoms with E-state index in [4.69, 9.17) is 0 Å². The molecule has 3 aromatic rings. The van der Waals surface area contributed by atoms with Gasteiger partial charge in [-0.25, -0.2) is 0 Å². The van der Waals surface area contributed by atoms with Crippen LogP contribution in [0.3, 0.4) is 0 Å². The van der Waals surface area contributed by atoms with Crippen LogP contribution in [0.2, 0.25) is 0 Å². The van der Waals surface area contributed by atoms with E-state index in [2.05, 4.69) is 40.4 Å². The smallest absolute Gasteiger partial charge is 0.191 e. The molecule has 0 N–H and O–H groups in total. The van der Waals surface area contributed by atoms with E-state index in [1.54, 1.807) is 11.8 Å². The van der Waals surface area contributed by atoms with E-state index in [1.807, 2.05) is 48.5 Å². The van der Waals surface area contributed by atoms with Gasteiger partial charge in [0, 0.05) is 29.8 Å². The third-order valence-electron chi connectivity index (χ3n) is 4.18. The Bertz CT molecular complexity index is 918. The molecule has 0 radical (unpaired) electrons. The van der Waals surface area contributed by atoms with Crippen molar-refractivity contribution in [2.24, 2.45) is 0 Å². The number of benzene rings is 2. The first-order valence-electron chi connectivity index (χ1n) is 9.01. The van der Waals surface area contributed by atoms with Crippen molar-refractivity contribution >= 4 is 17.5 Å². The molecule has 1 heterocycles. The van der Waals surface area contributed by atoms with Gasteiger partial charge in [0.2, 0.25) is 0 Å². The second-order valence-corrected chi connectivity index (χ2v) is 7.38. The molecule has 0 bridgehead atoms. The molecule has 0 saturated carbocycles. The van der Waals surface area contributed by atoms with Gasteiger partial charge < -0.3 is 0 Å². The van der Waals surface area contributed by atoms with Crippen molar-refractivity contribution in [2.75, 3.05) is 5.75 Å². The number of hydrogen-bond acceptors (Lipinski definition) is 4. The number of hydrogen-bond donors (Lipinski definition) is 0. The van der Waals surface area contributed by atoms with Crippen molar-refractivity contribution in [3.63, 3.8) is 0 Å². The Morgan fingerprint density at radius 2 is 1.96 bits per heavy atom. The van der Waals surface area contributed by atoms with Crippen LogP contribution in [-0.4, -0.2) is 26.3 Å². The zero-order valence-corrected chi connectivity index (χ0v) is 16.3. The third-order valence-corrected chi connectivity index (χ3v) is 5.23. The second kappa shape index (κ2) is 9.33. The van der Waals surface area contributed by atoms with Crippen molar-refractivity contribution in [1.29, 1.82) is 0 Å². The molecule has 0 unspecified atom stereocenters. The fraction of sp³-hybridized carbons (Fsp3) is 0.227. The molecule has 0 fully saturated rings. The maximum Gasteiger partial charge on any atom is 0.191 e. The van der Waals surface area contributed by atoms with Crippen molar-refractivity contribution in [2.45, 2.75) is 31.5 Å². The van der Waals surface area contributed by atoms with Gasteiger partial charge in [0.25, 0.3) is 0 Å². The second-order valence-electron chi connectivity index (χ2n) is 6.32. The molecule has 3 rings (SSSR count). The molecule has 4 nitrogen and oxygen atoms in total. The van der Waals surface area contributed by atoms with Gasteiger partial charge in [-0.15, -0.1) is 16.8 Å². The molecule has 0 aliphatic rings. The first kappa shape index (κ1) is 19.1. The average Bonchev–Trinajstić information content (AvgIpc) is 3.09. The number of nitrogens with zero attached hydrogens (tertiary/aromatic N) is 3. The van der Waals surface area contributed by atoms with E-state index in [1.165, 1.54) is 5.56 Å². The number of aryl methyl sites for hydroxylation is 1. The lowest BCUT2D eigenvalue weighted by Gasteiger charge is -2.08. The Morgan fingerprint density at radius 1 is 1.15 bits per heavy atom. The zero-order chi connectivity index (χ0) is 19.1. The predicted octanol–water partition coefficient (Wildman–Crippen LogP) is 5.19. The van der Waals surface area contributed by atoms with Gasteiger partial charge >= 0.3 is 0 Å². The van der Waals surface area contributed by atoms with E-state index < -0.39 is 0 Å². The molecule has 1 aromatic heterocycles. The molecule has 0 atom stereocenters. The Labute approximate surface area is 164 Å². The quantitative estimate of drug-likeness (QED) is 0.223. The number of Topliss-reactive ketones (excluding diaryl/α,β-unsaturated/α-hetero) is 1. The summed E-state index contributed by atoms with van der Waals surface area (Å²) in [4.78, 5) is 12.2. The molecule has 0 aliphatic heterocycles. The number of ketones is 1. The summed E-state index contributed by atoms with van der Waals surface area (Å²) in [7, 11) is 0. The molecule has 138 valence electrons. The Kier molecular flexibility index (Phi) is 6.60. The van der Waals surface area contributed by atoms with E-state index in [0.29, 0.717) is 13.0 Å². The monoisotopic (exact) mass is 377 g/mol. The molecule has 0 aliphatic carbocycles. The normalized spacial score (nSPS) is 10.7. The summed E-state index contributed by atoms with van der Waals surface area (Å²) in [6.45, 7) is 6.57. The van der Waals surface area contributed by atoms with Gasteiger partial charge in [-0.05, 0) is 19.4 Å². The molecule has 5 heteroatoms. The lowest BCUT2D eigenvalue weighted by atomic mass is 10.1. The van der Waals surface area contributed by atoms with Gasteiger partial charge in [-0.2, -0.15) is 0 Å². The van der Waals surface area contributed by atoms with Crippen LogP contribution in [0.4, 0.5) is 0 Å². The van der Waals surface area contributed by atoms with E-state index in [-0.39, 0.29) is 5.78 Å². The summed E-state index contributed by atoms with van der Waals surface area (Å²) < 4.78 is 2.07. The highest BCUT2D eigenvalue weighted by atomic mass is 32.2. The van der Waals surface area contributed by atoms with Gasteiger partial charge in [0.1, 0.15) is 0 Å². The number of allylic oxidation sites excluding steroid dienone is 1. The first-order chi connectivity index (χ1) is 13.2. The van der Waals surface area contributed by atoms with Crippen LogP contribution in [0.5, 0.6) is 0 Å². The van der Waals surface area contributed by atoms with Crippen molar-refractivity contribution in [3.8, 4) is 11.4 Å². The standard InChI is InChI=1S/C22H23N3OS/c1-3-14-25-21(19-12-7-9-17(2)16-19)23-24-22(25)27-15-8-13-20(26)18-10-5-4-6-11-18/h3-7,9-12,16H,1,8,13-15H2,2H3. The van der Waals surface area contributed by atoms with Gasteiger partial charge in [-0.1, -0.05) is 71.9 Å². The summed E-state index contributed by atoms with van der Waals surface area (Å²) in [5.41, 5.74) is 3.02. The van der Waals surface area contributed by atoms with Crippen LogP contribution in [0, 0.1) is 6.92 Å². The SMILES string of the molecule is C=CCn1c(SCCCC(=O)c2ccccc2)nnc1-c1cccc(C)c1. The van der Waals surface area contributed by atoms with E-state index >= 15 is 0 Å². The summed E-state index contributed by atoms with van der Waals surface area (Å²) >= 11 is 1.63. The van der Waals surface area contributed by atoms with Crippen LogP contribution in [-0.2, 0) is 6.54 Å². The lowest BCUT2D eigenvalue weighted by molar-refractivity contribution is 0.0982. The van der Waals surface area contributed by atoms with Crippen molar-refractivity contribution < 1.29 is 4.79 Å². The topological polar surface area (TPSA) is 47.8 Å². The minimum Gasteiger partial charge on any atom is -0.298 e. The van der Waals surface area contributed by atoms with Gasteiger partial charge in [0.15, 0.2) is 16.8 Å². The van der Waals surface area contributed by atoms with Gasteiger partial charge in [0.05, 0.1) is 0 Å². The number of aromatic nitrogens is 3. The highest BCUT2D eigenvalue weighted by molar-refractivity contribution is 7.99. The van der Waals surface area contributed by atoms with Crippen LogP contribution < -0.4 is 0 Å². The number of thioether (sulfide) groups is 1. The maximum atomic E-state index is 12.2. The maximum absolute atomic E-state index is 12.2. The summed E-state index contributed by atoms with van der Waals surface area (Å²) in [5, 5.41) is 9.60. The van der Waals surface area contributed by atoms with Crippen LogP contribution >= 0.6 is 11.8 Å². The van der Waals surface area contributed by atoms with Crippen LogP contribution in [0.1, 0.15) is 28.8 Å². The Hall–Kier alpha value is -2.66. The number of carbonyl (C=O) groups is 1. The first-order valence-corrected chi connectivity index (χ1v) is 10.00. The van der Waals surface area contributed by atoms with Gasteiger partial charge in [-0.3, -0.25) is 9.36 Å². The van der Waals surface area contributed by atoms with E-state index in [0.717, 1.165) is 34.3 Å². The highest BCUT2D eigenvalue weighted by Gasteiger charge is 2.14. The minimum absolute atomic E-state index is 0.184. The Morgan fingerprint density at radius 3 is 2.70 bits per heavy atom. The zero-order valence-electron chi connectivity index (χ0n) is 15.5.